The van der Waals surface area contributed by atoms with Gasteiger partial charge in [-0.05, 0) is 59.8 Å². The first-order chi connectivity index (χ1) is 17.3. The fourth-order valence-electron chi connectivity index (χ4n) is 2.46. The molecule has 36 heavy (non-hydrogen) atoms. The van der Waals surface area contributed by atoms with E-state index < -0.39 is 23.4 Å². The molecule has 0 aliphatic carbocycles. The SMILES string of the molecule is Cc1ccc2c(c1)C(=O)C(=O)N2.O=C1Nc2ccc(I)cc2C1=O.S=S=S=S=S=S=S=S=S=S=S=S. The number of halogens is 1. The number of fused-ring (bicyclic) bond motifs is 2. The van der Waals surface area contributed by atoms with Crippen molar-refractivity contribution in [1.82, 2.24) is 0 Å². The summed E-state index contributed by atoms with van der Waals surface area (Å²) in [6, 6.07) is 10.6. The van der Waals surface area contributed by atoms with E-state index in [2.05, 4.69) is 55.6 Å². The van der Waals surface area contributed by atoms with E-state index in [-0.39, 0.29) is 0 Å². The predicted octanol–water partition coefficient (Wildman–Crippen LogP) is 2.53. The summed E-state index contributed by atoms with van der Waals surface area (Å²) in [5, 5.41) is 4.97. The van der Waals surface area contributed by atoms with Gasteiger partial charge in [-0.1, -0.05) is 11.6 Å². The minimum absolute atomic E-state index is 0.436. The highest BCUT2D eigenvalue weighted by Gasteiger charge is 2.28. The molecule has 4 rings (SSSR count). The molecule has 0 saturated carbocycles. The van der Waals surface area contributed by atoms with Gasteiger partial charge in [0.05, 0.1) is 22.5 Å². The van der Waals surface area contributed by atoms with Crippen LogP contribution in [0.25, 0.3) is 0 Å². The van der Waals surface area contributed by atoms with Gasteiger partial charge >= 0.3 is 0 Å². The number of rotatable bonds is 0. The minimum atomic E-state index is -0.535. The Morgan fingerprint density at radius 1 is 0.639 bits per heavy atom. The number of hydrogen-bond donors (Lipinski definition) is 2. The number of ketones is 2. The number of amides is 2. The monoisotopic (exact) mass is 818 g/mol. The molecule has 19 heteroatoms. The van der Waals surface area contributed by atoms with Crippen LogP contribution in [0.5, 0.6) is 0 Å². The standard InChI is InChI=1S/C9H7NO2.C8H4INO2.S12/c1-5-2-3-7-6(4-5)8(11)9(12)10-7;9-4-1-2-6-5(3-4)7(11)8(12)10-6;1-3-5-7-9-11-12-10-8-6-4-2/h2-4H,1H3,(H,10,11,12);1-3H,(H,10,11,12);. The third-order valence-corrected chi connectivity index (χ3v) is 24.5. The highest BCUT2D eigenvalue weighted by atomic mass is 127. The molecular formula is C17H11IN2O4S12. The van der Waals surface area contributed by atoms with Gasteiger partial charge in [0, 0.05) is 115 Å². The first kappa shape index (κ1) is 32.3. The predicted molar refractivity (Wildman–Crippen MR) is 185 cm³/mol. The number of hydrogen-bond acceptors (Lipinski definition) is 6. The molecule has 6 nitrogen and oxygen atoms in total. The van der Waals surface area contributed by atoms with Crippen molar-refractivity contribution in [2.45, 2.75) is 6.92 Å². The topological polar surface area (TPSA) is 92.3 Å². The lowest BCUT2D eigenvalue weighted by atomic mass is 10.1. The van der Waals surface area contributed by atoms with Gasteiger partial charge in [-0.15, -0.1) is 0 Å². The molecule has 2 N–H and O–H groups in total. The molecule has 2 heterocycles. The maximum atomic E-state index is 11.1. The summed E-state index contributed by atoms with van der Waals surface area (Å²) in [6.07, 6.45) is 0. The third-order valence-electron chi connectivity index (χ3n) is 3.80. The Labute approximate surface area is 258 Å². The largest absolute Gasteiger partial charge is 0.318 e. The second kappa shape index (κ2) is 17.6. The number of carbonyl (C=O) groups excluding carboxylic acids is 4. The van der Waals surface area contributed by atoms with E-state index in [4.69, 9.17) is 0 Å². The fraction of sp³-hybridized carbons (Fsp3) is 0.0588. The van der Waals surface area contributed by atoms with Crippen LogP contribution in [0.4, 0.5) is 11.4 Å². The molecule has 0 radical (unpaired) electrons. The fourth-order valence-corrected chi connectivity index (χ4v) is 24.9. The Morgan fingerprint density at radius 3 is 1.53 bits per heavy atom. The molecule has 2 aliphatic rings. The second-order valence-corrected chi connectivity index (χ2v) is 24.9. The van der Waals surface area contributed by atoms with Crippen LogP contribution in [-0.2, 0) is 121 Å². The maximum Gasteiger partial charge on any atom is 0.296 e. The van der Waals surface area contributed by atoms with Crippen molar-refractivity contribution < 1.29 is 19.2 Å². The average molecular weight is 819 g/mol. The molecule has 2 aromatic carbocycles. The van der Waals surface area contributed by atoms with Crippen LogP contribution in [0.2, 0.25) is 0 Å². The summed E-state index contributed by atoms with van der Waals surface area (Å²) in [5.74, 6) is -1.94. The molecule has 0 spiro atoms. The Hall–Kier alpha value is 0.0900. The molecule has 0 bridgehead atoms. The smallest absolute Gasteiger partial charge is 0.296 e. The van der Waals surface area contributed by atoms with Crippen LogP contribution in [0, 0.1) is 10.5 Å². The number of aryl methyl sites for hydroxylation is 1. The Bertz CT molecular complexity index is 1570. The van der Waals surface area contributed by atoms with Gasteiger partial charge in [-0.2, -0.15) is 0 Å². The van der Waals surface area contributed by atoms with E-state index in [1.807, 2.05) is 19.1 Å². The van der Waals surface area contributed by atoms with Crippen LogP contribution in [-0.4, -0.2) is 23.4 Å². The lowest BCUT2D eigenvalue weighted by Gasteiger charge is -1.96. The Balaban J connectivity index is 0.000000190. The van der Waals surface area contributed by atoms with Crippen LogP contribution in [0.15, 0.2) is 36.4 Å². The lowest BCUT2D eigenvalue weighted by Crippen LogP contribution is -2.12. The zero-order valence-electron chi connectivity index (χ0n) is 17.4. The van der Waals surface area contributed by atoms with Gasteiger partial charge in [0.2, 0.25) is 0 Å². The van der Waals surface area contributed by atoms with Crippen LogP contribution in [0.1, 0.15) is 26.3 Å². The molecule has 0 atom stereocenters. The van der Waals surface area contributed by atoms with Crippen LogP contribution >= 0.6 is 22.6 Å². The van der Waals surface area contributed by atoms with Crippen molar-refractivity contribution in [3.05, 3.63) is 56.7 Å². The zero-order valence-corrected chi connectivity index (χ0v) is 29.3. The molecule has 0 fully saturated rings. The van der Waals surface area contributed by atoms with E-state index in [9.17, 15) is 19.2 Å². The van der Waals surface area contributed by atoms with Crippen molar-refractivity contribution in [2.24, 2.45) is 0 Å². The number of benzene rings is 2. The summed E-state index contributed by atoms with van der Waals surface area (Å²) < 4.78 is 0.955. The Kier molecular flexibility index (Phi) is 15.8. The normalized spacial score (nSPS) is 11.9. The van der Waals surface area contributed by atoms with Crippen molar-refractivity contribution in [3.63, 3.8) is 0 Å². The highest BCUT2D eigenvalue weighted by Crippen LogP contribution is 2.24. The van der Waals surface area contributed by atoms with E-state index in [1.165, 1.54) is 17.8 Å². The van der Waals surface area contributed by atoms with Crippen molar-refractivity contribution in [1.29, 1.82) is 0 Å². The molecule has 192 valence electrons. The number of Topliss-reactive ketones (excluding diaryl/α,β-unsaturated/α-hetero) is 2. The molecule has 0 unspecified atom stereocenters. The Morgan fingerprint density at radius 2 is 1.06 bits per heavy atom. The quantitative estimate of drug-likeness (QED) is 0.314. The summed E-state index contributed by atoms with van der Waals surface area (Å²) >= 11 is 11.5. The highest BCUT2D eigenvalue weighted by molar-refractivity contribution is 14.1. The maximum absolute atomic E-state index is 11.1. The molecule has 2 amide bonds. The van der Waals surface area contributed by atoms with Crippen LogP contribution in [0.3, 0.4) is 0 Å². The van der Waals surface area contributed by atoms with Crippen molar-refractivity contribution in [3.8, 4) is 0 Å². The second-order valence-electron chi connectivity index (χ2n) is 5.99. The minimum Gasteiger partial charge on any atom is -0.318 e. The van der Waals surface area contributed by atoms with Gasteiger partial charge in [0.1, 0.15) is 0 Å². The summed E-state index contributed by atoms with van der Waals surface area (Å²) in [4.78, 5) is 44.0. The van der Waals surface area contributed by atoms with Crippen molar-refractivity contribution in [2.75, 3.05) is 10.6 Å². The van der Waals surface area contributed by atoms with Crippen molar-refractivity contribution >= 4 is 169 Å². The molecular weight excluding hydrogens is 808 g/mol. The summed E-state index contributed by atoms with van der Waals surface area (Å²) in [5.41, 5.74) is 3.19. The summed E-state index contributed by atoms with van der Waals surface area (Å²) in [6.45, 7) is 1.89. The van der Waals surface area contributed by atoms with Gasteiger partial charge in [-0.3, -0.25) is 19.2 Å². The van der Waals surface area contributed by atoms with Gasteiger partial charge in [-0.25, -0.2) is 0 Å². The van der Waals surface area contributed by atoms with E-state index in [1.54, 1.807) is 95.3 Å². The number of anilines is 2. The van der Waals surface area contributed by atoms with Gasteiger partial charge in [0.25, 0.3) is 23.4 Å². The molecule has 2 aromatic rings. The lowest BCUT2D eigenvalue weighted by molar-refractivity contribution is -0.112. The third kappa shape index (κ3) is 10.7. The van der Waals surface area contributed by atoms with Gasteiger partial charge in [0.15, 0.2) is 0 Å². The van der Waals surface area contributed by atoms with E-state index >= 15 is 0 Å². The number of nitrogens with one attached hydrogen (secondary N) is 2. The number of carbonyl (C=O) groups is 4. The van der Waals surface area contributed by atoms with E-state index in [0.29, 0.717) is 22.5 Å². The van der Waals surface area contributed by atoms with Crippen LogP contribution < -0.4 is 10.6 Å². The molecule has 0 aromatic heterocycles. The van der Waals surface area contributed by atoms with E-state index in [0.717, 1.165) is 9.13 Å². The first-order valence-corrected chi connectivity index (χ1v) is 24.6. The summed E-state index contributed by atoms with van der Waals surface area (Å²) in [7, 11) is 16.3. The average Bonchev–Trinajstić information content (AvgIpc) is 3.30. The molecule has 0 saturated heterocycles. The van der Waals surface area contributed by atoms with Gasteiger partial charge < -0.3 is 10.6 Å². The first-order valence-electron chi connectivity index (χ1n) is 8.81. The molecule has 2 aliphatic heterocycles. The zero-order chi connectivity index (χ0) is 26.5.